The zero-order valence-electron chi connectivity index (χ0n) is 15.9. The molecule has 1 aliphatic carbocycles. The first-order valence-electron chi connectivity index (χ1n) is 9.35. The van der Waals surface area contributed by atoms with Gasteiger partial charge in [0.2, 0.25) is 0 Å². The molecule has 0 bridgehead atoms. The minimum atomic E-state index is -0.620. The predicted molar refractivity (Wildman–Crippen MR) is 115 cm³/mol. The smallest absolute Gasteiger partial charge is 0.341 e. The van der Waals surface area contributed by atoms with Crippen molar-refractivity contribution in [2.45, 2.75) is 29.2 Å². The quantitative estimate of drug-likeness (QED) is 0.575. The molecule has 3 aromatic rings. The number of aryl methyl sites for hydroxylation is 1. The van der Waals surface area contributed by atoms with E-state index in [2.05, 4.69) is 16.4 Å². The summed E-state index contributed by atoms with van der Waals surface area (Å²) in [5.41, 5.74) is 1.86. The number of ether oxygens (including phenoxy) is 1. The second-order valence-electron chi connectivity index (χ2n) is 6.57. The third-order valence-corrected chi connectivity index (χ3v) is 6.80. The number of fused-ring (bicyclic) bond motifs is 1. The maximum atomic E-state index is 12.5. The molecule has 0 unspecified atom stereocenters. The van der Waals surface area contributed by atoms with Gasteiger partial charge in [-0.15, -0.1) is 11.3 Å². The van der Waals surface area contributed by atoms with Gasteiger partial charge < -0.3 is 10.1 Å². The highest BCUT2D eigenvalue weighted by atomic mass is 32.2. The van der Waals surface area contributed by atoms with E-state index in [-0.39, 0.29) is 0 Å². The van der Waals surface area contributed by atoms with Crippen LogP contribution in [0.25, 0.3) is 0 Å². The lowest BCUT2D eigenvalue weighted by Gasteiger charge is -2.09. The SMILES string of the molecule is N#Cc1c(NC(=O)COC(=O)c2cccnc2Sc2ccccc2)sc2c1CCC2. The van der Waals surface area contributed by atoms with E-state index in [4.69, 9.17) is 4.74 Å². The number of anilines is 1. The van der Waals surface area contributed by atoms with E-state index in [1.165, 1.54) is 23.1 Å². The van der Waals surface area contributed by atoms with Crippen LogP contribution in [0.15, 0.2) is 58.6 Å². The third kappa shape index (κ3) is 4.37. The van der Waals surface area contributed by atoms with Gasteiger partial charge in [-0.1, -0.05) is 30.0 Å². The van der Waals surface area contributed by atoms with Crippen LogP contribution in [0.1, 0.15) is 32.8 Å². The van der Waals surface area contributed by atoms with Crippen molar-refractivity contribution < 1.29 is 14.3 Å². The number of nitrogens with zero attached hydrogens (tertiary/aromatic N) is 2. The number of thiophene rings is 1. The van der Waals surface area contributed by atoms with Crippen LogP contribution >= 0.6 is 23.1 Å². The largest absolute Gasteiger partial charge is 0.452 e. The molecular weight excluding hydrogens is 418 g/mol. The first-order chi connectivity index (χ1) is 14.7. The number of carbonyl (C=O) groups excluding carboxylic acids is 2. The minimum Gasteiger partial charge on any atom is -0.452 e. The van der Waals surface area contributed by atoms with E-state index in [0.29, 0.717) is 21.2 Å². The molecule has 4 rings (SSSR count). The summed E-state index contributed by atoms with van der Waals surface area (Å²) in [6.45, 7) is -0.434. The molecule has 1 amide bonds. The summed E-state index contributed by atoms with van der Waals surface area (Å²) in [4.78, 5) is 31.2. The highest BCUT2D eigenvalue weighted by molar-refractivity contribution is 7.99. The van der Waals surface area contributed by atoms with Crippen LogP contribution in [0, 0.1) is 11.3 Å². The lowest BCUT2D eigenvalue weighted by Crippen LogP contribution is -2.21. The molecule has 0 aliphatic heterocycles. The second kappa shape index (κ2) is 9.11. The lowest BCUT2D eigenvalue weighted by molar-refractivity contribution is -0.119. The van der Waals surface area contributed by atoms with Crippen LogP contribution in [0.3, 0.4) is 0 Å². The maximum Gasteiger partial charge on any atom is 0.341 e. The van der Waals surface area contributed by atoms with Crippen LogP contribution in [-0.2, 0) is 22.4 Å². The summed E-state index contributed by atoms with van der Waals surface area (Å²) >= 11 is 2.78. The molecule has 0 radical (unpaired) electrons. The molecule has 1 aromatic carbocycles. The fraction of sp³-hybridized carbons (Fsp3) is 0.182. The normalized spacial score (nSPS) is 12.1. The van der Waals surface area contributed by atoms with Crippen molar-refractivity contribution in [2.24, 2.45) is 0 Å². The molecule has 2 aromatic heterocycles. The van der Waals surface area contributed by atoms with Gasteiger partial charge in [-0.25, -0.2) is 9.78 Å². The van der Waals surface area contributed by atoms with Gasteiger partial charge in [0.05, 0.1) is 11.1 Å². The Hall–Kier alpha value is -3.15. The fourth-order valence-corrected chi connectivity index (χ4v) is 5.36. The Morgan fingerprint density at radius 2 is 2.03 bits per heavy atom. The van der Waals surface area contributed by atoms with Crippen molar-refractivity contribution >= 4 is 40.0 Å². The highest BCUT2D eigenvalue weighted by Gasteiger charge is 2.23. The number of nitriles is 1. The average Bonchev–Trinajstić information content (AvgIpc) is 3.34. The van der Waals surface area contributed by atoms with E-state index in [1.807, 2.05) is 30.3 Å². The summed E-state index contributed by atoms with van der Waals surface area (Å²) in [5, 5.41) is 13.2. The van der Waals surface area contributed by atoms with Gasteiger partial charge in [0.15, 0.2) is 6.61 Å². The Bertz CT molecular complexity index is 1140. The predicted octanol–water partition coefficient (Wildman–Crippen LogP) is 4.45. The molecule has 150 valence electrons. The van der Waals surface area contributed by atoms with E-state index in [1.54, 1.807) is 18.3 Å². The molecule has 0 saturated heterocycles. The van der Waals surface area contributed by atoms with Crippen LogP contribution in [0.5, 0.6) is 0 Å². The number of aromatic nitrogens is 1. The summed E-state index contributed by atoms with van der Waals surface area (Å²) in [5.74, 6) is -1.09. The topological polar surface area (TPSA) is 92.1 Å². The van der Waals surface area contributed by atoms with Crippen molar-refractivity contribution in [3.05, 3.63) is 70.2 Å². The van der Waals surface area contributed by atoms with Crippen molar-refractivity contribution in [1.82, 2.24) is 4.98 Å². The Balaban J connectivity index is 1.40. The average molecular weight is 436 g/mol. The van der Waals surface area contributed by atoms with Gasteiger partial charge in [0.25, 0.3) is 5.91 Å². The van der Waals surface area contributed by atoms with Gasteiger partial charge in [0.1, 0.15) is 16.1 Å². The van der Waals surface area contributed by atoms with E-state index in [0.717, 1.165) is 34.6 Å². The number of hydrogen-bond donors (Lipinski definition) is 1. The molecule has 6 nitrogen and oxygen atoms in total. The minimum absolute atomic E-state index is 0.298. The number of amides is 1. The van der Waals surface area contributed by atoms with Crippen molar-refractivity contribution in [3.63, 3.8) is 0 Å². The van der Waals surface area contributed by atoms with E-state index < -0.39 is 18.5 Å². The third-order valence-electron chi connectivity index (χ3n) is 4.57. The number of nitrogens with one attached hydrogen (secondary N) is 1. The molecule has 0 spiro atoms. The summed E-state index contributed by atoms with van der Waals surface area (Å²) in [6, 6.07) is 15.0. The van der Waals surface area contributed by atoms with Crippen LogP contribution in [0.4, 0.5) is 5.00 Å². The van der Waals surface area contributed by atoms with Crippen molar-refractivity contribution in [3.8, 4) is 6.07 Å². The maximum absolute atomic E-state index is 12.5. The number of hydrogen-bond acceptors (Lipinski definition) is 7. The molecule has 1 N–H and O–H groups in total. The standard InChI is InChI=1S/C22H17N3O3S2/c23-12-17-15-8-4-10-18(15)30-21(17)25-19(26)13-28-22(27)16-9-5-11-24-20(16)29-14-6-2-1-3-7-14/h1-3,5-7,9,11H,4,8,10,13H2,(H,25,26). The first kappa shape index (κ1) is 20.1. The number of benzene rings is 1. The Morgan fingerprint density at radius 1 is 1.20 bits per heavy atom. The molecule has 0 saturated carbocycles. The van der Waals surface area contributed by atoms with Gasteiger partial charge in [-0.2, -0.15) is 5.26 Å². The van der Waals surface area contributed by atoms with Gasteiger partial charge in [0, 0.05) is 16.0 Å². The zero-order chi connectivity index (χ0) is 20.9. The number of carbonyl (C=O) groups is 2. The Labute approximate surface area is 181 Å². The van der Waals surface area contributed by atoms with Gasteiger partial charge in [-0.3, -0.25) is 4.79 Å². The fourth-order valence-electron chi connectivity index (χ4n) is 3.21. The summed E-state index contributed by atoms with van der Waals surface area (Å²) in [7, 11) is 0. The number of rotatable bonds is 6. The Kier molecular flexibility index (Phi) is 6.12. The summed E-state index contributed by atoms with van der Waals surface area (Å²) < 4.78 is 5.21. The van der Waals surface area contributed by atoms with Crippen molar-refractivity contribution in [2.75, 3.05) is 11.9 Å². The number of esters is 1. The molecule has 2 heterocycles. The first-order valence-corrected chi connectivity index (χ1v) is 11.0. The highest BCUT2D eigenvalue weighted by Crippen LogP contribution is 2.38. The molecule has 1 aliphatic rings. The summed E-state index contributed by atoms with van der Waals surface area (Å²) in [6.07, 6.45) is 4.44. The van der Waals surface area contributed by atoms with Gasteiger partial charge >= 0.3 is 5.97 Å². The lowest BCUT2D eigenvalue weighted by atomic mass is 10.1. The van der Waals surface area contributed by atoms with Crippen molar-refractivity contribution in [1.29, 1.82) is 5.26 Å². The monoisotopic (exact) mass is 435 g/mol. The van der Waals surface area contributed by atoms with E-state index >= 15 is 0 Å². The van der Waals surface area contributed by atoms with Crippen LogP contribution in [-0.4, -0.2) is 23.5 Å². The molecule has 0 atom stereocenters. The van der Waals surface area contributed by atoms with E-state index in [9.17, 15) is 14.9 Å². The molecule has 0 fully saturated rings. The van der Waals surface area contributed by atoms with Crippen LogP contribution < -0.4 is 5.32 Å². The molecule has 30 heavy (non-hydrogen) atoms. The van der Waals surface area contributed by atoms with Crippen LogP contribution in [0.2, 0.25) is 0 Å². The Morgan fingerprint density at radius 3 is 2.83 bits per heavy atom. The van der Waals surface area contributed by atoms with Gasteiger partial charge in [-0.05, 0) is 49.1 Å². The molecular formula is C22H17N3O3S2. The zero-order valence-corrected chi connectivity index (χ0v) is 17.5. The second-order valence-corrected chi connectivity index (χ2v) is 8.74. The molecule has 8 heteroatoms. The number of pyridine rings is 1.